The Morgan fingerprint density at radius 1 is 0.870 bits per heavy atom. The van der Waals surface area contributed by atoms with Gasteiger partial charge in [-0.15, -0.1) is 11.6 Å². The molecule has 0 fully saturated rings. The Hall–Kier alpha value is -0.310. The Balaban J connectivity index is -0.000000286. The second-order valence-electron chi connectivity index (χ2n) is 5.95. The van der Waals surface area contributed by atoms with E-state index in [4.69, 9.17) is 21.4 Å². The van der Waals surface area contributed by atoms with Gasteiger partial charge in [-0.25, -0.2) is 0 Å². The van der Waals surface area contributed by atoms with Gasteiger partial charge in [0.25, 0.3) is 0 Å². The number of aliphatic hydroxyl groups excluding tert-OH is 1. The zero-order chi connectivity index (χ0) is 18.3. The summed E-state index contributed by atoms with van der Waals surface area (Å²) in [6.07, 6.45) is 9.80. The standard InChI is InChI=1S/C10H20O.C6H14O.C4H7Cl/c1-4-5-6-7-8-11-9-10(2)3;1-2-3-4-5-6-7;1-4(2)3-5/h2,4-9H2,1,3H3;7H,2-6H2,1H3;1,3H2,2H3. The Labute approximate surface area is 151 Å². The fraction of sp³-hybridized carbons (Fsp3) is 0.800. The van der Waals surface area contributed by atoms with E-state index in [-0.39, 0.29) is 0 Å². The van der Waals surface area contributed by atoms with Gasteiger partial charge in [0.15, 0.2) is 0 Å². The minimum absolute atomic E-state index is 0.361. The maximum atomic E-state index is 8.29. The van der Waals surface area contributed by atoms with Crippen LogP contribution in [-0.2, 0) is 4.74 Å². The van der Waals surface area contributed by atoms with Gasteiger partial charge in [0.05, 0.1) is 6.61 Å². The number of alkyl halides is 1. The van der Waals surface area contributed by atoms with E-state index in [9.17, 15) is 0 Å². The highest BCUT2D eigenvalue weighted by molar-refractivity contribution is 6.19. The molecule has 0 bridgehead atoms. The van der Waals surface area contributed by atoms with E-state index >= 15 is 0 Å². The van der Waals surface area contributed by atoms with E-state index in [1.54, 1.807) is 0 Å². The van der Waals surface area contributed by atoms with Crippen molar-refractivity contribution in [1.82, 2.24) is 0 Å². The zero-order valence-corrected chi connectivity index (χ0v) is 16.9. The van der Waals surface area contributed by atoms with Gasteiger partial charge >= 0.3 is 0 Å². The van der Waals surface area contributed by atoms with Crippen molar-refractivity contribution in [3.8, 4) is 0 Å². The number of ether oxygens (including phenoxy) is 1. The van der Waals surface area contributed by atoms with Crippen LogP contribution >= 0.6 is 11.6 Å². The van der Waals surface area contributed by atoms with Crippen LogP contribution in [0.4, 0.5) is 0 Å². The first-order valence-corrected chi connectivity index (χ1v) is 9.52. The van der Waals surface area contributed by atoms with Crippen molar-refractivity contribution in [3.05, 3.63) is 24.3 Å². The van der Waals surface area contributed by atoms with E-state index < -0.39 is 0 Å². The van der Waals surface area contributed by atoms with Gasteiger partial charge in [0, 0.05) is 19.1 Å². The summed E-state index contributed by atoms with van der Waals surface area (Å²) in [7, 11) is 0. The van der Waals surface area contributed by atoms with E-state index in [1.807, 2.05) is 13.8 Å². The summed E-state index contributed by atoms with van der Waals surface area (Å²) in [5.74, 6) is 0.583. The summed E-state index contributed by atoms with van der Waals surface area (Å²) in [6.45, 7) is 17.6. The first-order chi connectivity index (χ1) is 11.0. The minimum Gasteiger partial charge on any atom is -0.396 e. The van der Waals surface area contributed by atoms with E-state index in [0.29, 0.717) is 12.5 Å². The van der Waals surface area contributed by atoms with Gasteiger partial charge in [0.2, 0.25) is 0 Å². The van der Waals surface area contributed by atoms with Crippen molar-refractivity contribution >= 4 is 11.6 Å². The molecular weight excluding hydrogens is 308 g/mol. The summed E-state index contributed by atoms with van der Waals surface area (Å²) < 4.78 is 5.34. The van der Waals surface area contributed by atoms with Gasteiger partial charge in [-0.1, -0.05) is 76.7 Å². The predicted molar refractivity (Wildman–Crippen MR) is 107 cm³/mol. The largest absolute Gasteiger partial charge is 0.396 e. The topological polar surface area (TPSA) is 29.5 Å². The first-order valence-electron chi connectivity index (χ1n) is 8.99. The highest BCUT2D eigenvalue weighted by Crippen LogP contribution is 1.99. The number of halogens is 1. The molecule has 23 heavy (non-hydrogen) atoms. The minimum atomic E-state index is 0.361. The first kappa shape index (κ1) is 27.5. The van der Waals surface area contributed by atoms with Crippen LogP contribution in [0.25, 0.3) is 0 Å². The molecule has 0 saturated heterocycles. The maximum absolute atomic E-state index is 8.29. The predicted octanol–water partition coefficient (Wildman–Crippen LogP) is 6.52. The SMILES string of the molecule is C=C(C)CCl.C=C(C)COCCCCCC.CCCCCCO. The van der Waals surface area contributed by atoms with Crippen LogP contribution in [0, 0.1) is 0 Å². The van der Waals surface area contributed by atoms with Crippen molar-refractivity contribution in [2.45, 2.75) is 79.1 Å². The molecule has 0 aliphatic heterocycles. The number of hydrogen-bond acceptors (Lipinski definition) is 2. The average Bonchev–Trinajstić information content (AvgIpc) is 2.52. The molecule has 0 aliphatic rings. The number of hydrogen-bond donors (Lipinski definition) is 1. The summed E-state index contributed by atoms with van der Waals surface area (Å²) in [4.78, 5) is 0. The van der Waals surface area contributed by atoms with Gasteiger partial charge in [0.1, 0.15) is 0 Å². The van der Waals surface area contributed by atoms with Crippen molar-refractivity contribution < 1.29 is 9.84 Å². The summed E-state index contributed by atoms with van der Waals surface area (Å²) >= 11 is 5.24. The molecule has 0 aromatic carbocycles. The number of aliphatic hydroxyl groups is 1. The summed E-state index contributed by atoms with van der Waals surface area (Å²) in [6, 6.07) is 0. The number of rotatable bonds is 12. The molecule has 0 aromatic heterocycles. The quantitative estimate of drug-likeness (QED) is 0.247. The number of unbranched alkanes of at least 4 members (excludes halogenated alkanes) is 6. The zero-order valence-electron chi connectivity index (χ0n) is 16.1. The van der Waals surface area contributed by atoms with Crippen LogP contribution in [0.5, 0.6) is 0 Å². The lowest BCUT2D eigenvalue weighted by Crippen LogP contribution is -1.96. The molecule has 0 heterocycles. The molecule has 1 N–H and O–H groups in total. The third-order valence-electron chi connectivity index (χ3n) is 2.73. The fourth-order valence-corrected chi connectivity index (χ4v) is 1.42. The molecule has 0 spiro atoms. The fourth-order valence-electron chi connectivity index (χ4n) is 1.42. The van der Waals surface area contributed by atoms with Crippen LogP contribution in [0.2, 0.25) is 0 Å². The van der Waals surface area contributed by atoms with E-state index in [2.05, 4.69) is 27.0 Å². The van der Waals surface area contributed by atoms with Crippen molar-refractivity contribution in [2.75, 3.05) is 25.7 Å². The molecule has 140 valence electrons. The monoisotopic (exact) mass is 348 g/mol. The number of allylic oxidation sites excluding steroid dienone is 1. The Kier molecular flexibility index (Phi) is 31.8. The van der Waals surface area contributed by atoms with Crippen molar-refractivity contribution in [2.24, 2.45) is 0 Å². The molecule has 0 unspecified atom stereocenters. The maximum Gasteiger partial charge on any atom is 0.0671 e. The lowest BCUT2D eigenvalue weighted by Gasteiger charge is -2.02. The van der Waals surface area contributed by atoms with Gasteiger partial charge < -0.3 is 9.84 Å². The molecule has 0 radical (unpaired) electrons. The highest BCUT2D eigenvalue weighted by Gasteiger charge is 1.88. The molecule has 0 aromatic rings. The molecule has 2 nitrogen and oxygen atoms in total. The molecule has 0 saturated carbocycles. The van der Waals surface area contributed by atoms with Crippen LogP contribution < -0.4 is 0 Å². The van der Waals surface area contributed by atoms with Crippen molar-refractivity contribution in [1.29, 1.82) is 0 Å². The second kappa shape index (κ2) is 26.6. The van der Waals surface area contributed by atoms with E-state index in [1.165, 1.54) is 44.9 Å². The molecular formula is C20H41ClO2. The smallest absolute Gasteiger partial charge is 0.0671 e. The Bertz CT molecular complexity index is 236. The van der Waals surface area contributed by atoms with Crippen LogP contribution in [-0.4, -0.2) is 30.8 Å². The van der Waals surface area contributed by atoms with Crippen LogP contribution in [0.3, 0.4) is 0 Å². The summed E-state index contributed by atoms with van der Waals surface area (Å²) in [5, 5.41) is 8.29. The molecule has 0 aliphatic carbocycles. The Morgan fingerprint density at radius 3 is 1.70 bits per heavy atom. The van der Waals surface area contributed by atoms with Gasteiger partial charge in [-0.3, -0.25) is 0 Å². The van der Waals surface area contributed by atoms with Crippen molar-refractivity contribution in [3.63, 3.8) is 0 Å². The molecule has 0 atom stereocenters. The molecule has 0 amide bonds. The molecule has 3 heteroatoms. The average molecular weight is 349 g/mol. The summed E-state index contributed by atoms with van der Waals surface area (Å²) in [5.41, 5.74) is 2.13. The van der Waals surface area contributed by atoms with E-state index in [0.717, 1.165) is 30.8 Å². The molecule has 0 rings (SSSR count). The lowest BCUT2D eigenvalue weighted by molar-refractivity contribution is 0.151. The van der Waals surface area contributed by atoms with Gasteiger partial charge in [-0.05, 0) is 26.7 Å². The third-order valence-corrected chi connectivity index (χ3v) is 3.19. The highest BCUT2D eigenvalue weighted by atomic mass is 35.5. The normalized spacial score (nSPS) is 9.30. The Morgan fingerprint density at radius 2 is 1.35 bits per heavy atom. The lowest BCUT2D eigenvalue weighted by atomic mass is 10.2. The second-order valence-corrected chi connectivity index (χ2v) is 6.21. The van der Waals surface area contributed by atoms with Crippen LogP contribution in [0.1, 0.15) is 79.1 Å². The van der Waals surface area contributed by atoms with Crippen LogP contribution in [0.15, 0.2) is 24.3 Å². The van der Waals surface area contributed by atoms with Gasteiger partial charge in [-0.2, -0.15) is 0 Å². The third kappa shape index (κ3) is 44.9.